The van der Waals surface area contributed by atoms with E-state index in [-0.39, 0.29) is 0 Å². The van der Waals surface area contributed by atoms with Crippen LogP contribution >= 0.6 is 0 Å². The standard InChI is InChI=1S/C15H30N2/c1-17(11-10-13-4-2-3-5-13)12-14-6-8-15(16)9-7-14/h13-15H,2-12,16H2,1H3. The normalized spacial score (nSPS) is 31.2. The fourth-order valence-electron chi connectivity index (χ4n) is 3.60. The van der Waals surface area contributed by atoms with Crippen LogP contribution in [-0.4, -0.2) is 31.1 Å². The van der Waals surface area contributed by atoms with Crippen LogP contribution in [0.25, 0.3) is 0 Å². The highest BCUT2D eigenvalue weighted by atomic mass is 15.1. The van der Waals surface area contributed by atoms with E-state index in [9.17, 15) is 0 Å². The van der Waals surface area contributed by atoms with Crippen LogP contribution in [0.2, 0.25) is 0 Å². The number of hydrogen-bond donors (Lipinski definition) is 1. The first-order valence-corrected chi connectivity index (χ1v) is 7.68. The lowest BCUT2D eigenvalue weighted by molar-refractivity contribution is 0.214. The van der Waals surface area contributed by atoms with Crippen molar-refractivity contribution < 1.29 is 0 Å². The summed E-state index contributed by atoms with van der Waals surface area (Å²) >= 11 is 0. The molecular formula is C15H30N2. The van der Waals surface area contributed by atoms with Gasteiger partial charge >= 0.3 is 0 Å². The third-order valence-electron chi connectivity index (χ3n) is 4.86. The van der Waals surface area contributed by atoms with Crippen molar-refractivity contribution in [3.8, 4) is 0 Å². The molecule has 0 unspecified atom stereocenters. The van der Waals surface area contributed by atoms with Crippen LogP contribution in [0.15, 0.2) is 0 Å². The van der Waals surface area contributed by atoms with Crippen LogP contribution in [0.5, 0.6) is 0 Å². The number of nitrogens with two attached hydrogens (primary N) is 1. The van der Waals surface area contributed by atoms with Gasteiger partial charge in [0.2, 0.25) is 0 Å². The monoisotopic (exact) mass is 238 g/mol. The molecule has 100 valence electrons. The molecule has 2 N–H and O–H groups in total. The summed E-state index contributed by atoms with van der Waals surface area (Å²) in [7, 11) is 2.31. The van der Waals surface area contributed by atoms with Gasteiger partial charge in [0, 0.05) is 12.6 Å². The molecule has 2 saturated carbocycles. The van der Waals surface area contributed by atoms with Crippen LogP contribution in [0.1, 0.15) is 57.8 Å². The van der Waals surface area contributed by atoms with E-state index in [0.717, 1.165) is 11.8 Å². The molecule has 0 saturated heterocycles. The highest BCUT2D eigenvalue weighted by molar-refractivity contribution is 4.76. The Morgan fingerprint density at radius 2 is 1.59 bits per heavy atom. The van der Waals surface area contributed by atoms with Gasteiger partial charge < -0.3 is 10.6 Å². The molecule has 0 radical (unpaired) electrons. The van der Waals surface area contributed by atoms with Gasteiger partial charge in [-0.2, -0.15) is 0 Å². The topological polar surface area (TPSA) is 29.3 Å². The summed E-state index contributed by atoms with van der Waals surface area (Å²) in [6.07, 6.45) is 12.6. The van der Waals surface area contributed by atoms with E-state index in [4.69, 9.17) is 5.73 Å². The minimum Gasteiger partial charge on any atom is -0.328 e. The second-order valence-electron chi connectivity index (χ2n) is 6.48. The Morgan fingerprint density at radius 1 is 0.941 bits per heavy atom. The molecule has 17 heavy (non-hydrogen) atoms. The highest BCUT2D eigenvalue weighted by Gasteiger charge is 2.20. The van der Waals surface area contributed by atoms with Gasteiger partial charge in [-0.15, -0.1) is 0 Å². The van der Waals surface area contributed by atoms with Crippen molar-refractivity contribution in [1.82, 2.24) is 4.90 Å². The molecule has 2 fully saturated rings. The van der Waals surface area contributed by atoms with Crippen LogP contribution in [0, 0.1) is 11.8 Å². The predicted molar refractivity (Wildman–Crippen MR) is 74.0 cm³/mol. The average Bonchev–Trinajstić information content (AvgIpc) is 2.83. The minimum absolute atomic E-state index is 0.495. The SMILES string of the molecule is CN(CCC1CCCC1)CC1CCC(N)CC1. The van der Waals surface area contributed by atoms with Crippen molar-refractivity contribution in [2.75, 3.05) is 20.1 Å². The Balaban J connectivity index is 1.58. The number of hydrogen-bond acceptors (Lipinski definition) is 2. The van der Waals surface area contributed by atoms with Crippen LogP contribution in [0.4, 0.5) is 0 Å². The number of nitrogens with zero attached hydrogens (tertiary/aromatic N) is 1. The van der Waals surface area contributed by atoms with Crippen molar-refractivity contribution in [2.24, 2.45) is 17.6 Å². The van der Waals surface area contributed by atoms with E-state index < -0.39 is 0 Å². The van der Waals surface area contributed by atoms with E-state index in [2.05, 4.69) is 11.9 Å². The zero-order valence-corrected chi connectivity index (χ0v) is 11.5. The molecule has 0 aromatic heterocycles. The lowest BCUT2D eigenvalue weighted by atomic mass is 9.86. The van der Waals surface area contributed by atoms with E-state index in [1.165, 1.54) is 70.9 Å². The summed E-state index contributed by atoms with van der Waals surface area (Å²) in [5.74, 6) is 1.96. The highest BCUT2D eigenvalue weighted by Crippen LogP contribution is 2.28. The molecule has 2 rings (SSSR count). The molecule has 0 heterocycles. The first kappa shape index (κ1) is 13.4. The molecule has 0 atom stereocenters. The molecule has 0 spiro atoms. The van der Waals surface area contributed by atoms with Gasteiger partial charge in [0.1, 0.15) is 0 Å². The summed E-state index contributed by atoms with van der Waals surface area (Å²) in [5, 5.41) is 0. The Morgan fingerprint density at radius 3 is 2.24 bits per heavy atom. The van der Waals surface area contributed by atoms with Crippen molar-refractivity contribution in [2.45, 2.75) is 63.8 Å². The quantitative estimate of drug-likeness (QED) is 0.798. The first-order chi connectivity index (χ1) is 8.24. The Labute approximate surface area is 107 Å². The third-order valence-corrected chi connectivity index (χ3v) is 4.86. The predicted octanol–water partition coefficient (Wildman–Crippen LogP) is 3.02. The fraction of sp³-hybridized carbons (Fsp3) is 1.00. The molecule has 0 aromatic carbocycles. The van der Waals surface area contributed by atoms with Crippen molar-refractivity contribution in [3.63, 3.8) is 0 Å². The largest absolute Gasteiger partial charge is 0.328 e. The maximum atomic E-state index is 5.96. The van der Waals surface area contributed by atoms with Crippen molar-refractivity contribution in [3.05, 3.63) is 0 Å². The van der Waals surface area contributed by atoms with Gasteiger partial charge in [0.25, 0.3) is 0 Å². The molecular weight excluding hydrogens is 208 g/mol. The van der Waals surface area contributed by atoms with Crippen LogP contribution < -0.4 is 5.73 Å². The smallest absolute Gasteiger partial charge is 0.00390 e. The van der Waals surface area contributed by atoms with Crippen molar-refractivity contribution >= 4 is 0 Å². The molecule has 2 aliphatic carbocycles. The van der Waals surface area contributed by atoms with E-state index in [1.54, 1.807) is 0 Å². The average molecular weight is 238 g/mol. The lowest BCUT2D eigenvalue weighted by Crippen LogP contribution is -2.33. The van der Waals surface area contributed by atoms with E-state index in [0.29, 0.717) is 6.04 Å². The van der Waals surface area contributed by atoms with Gasteiger partial charge in [-0.25, -0.2) is 0 Å². The van der Waals surface area contributed by atoms with Gasteiger partial charge in [0.05, 0.1) is 0 Å². The molecule has 2 nitrogen and oxygen atoms in total. The van der Waals surface area contributed by atoms with Gasteiger partial charge in [0.15, 0.2) is 0 Å². The van der Waals surface area contributed by atoms with Gasteiger partial charge in [-0.05, 0) is 57.5 Å². The molecule has 2 aliphatic rings. The van der Waals surface area contributed by atoms with E-state index >= 15 is 0 Å². The van der Waals surface area contributed by atoms with Crippen LogP contribution in [-0.2, 0) is 0 Å². The first-order valence-electron chi connectivity index (χ1n) is 7.68. The molecule has 2 heteroatoms. The molecule has 0 aliphatic heterocycles. The molecule has 0 bridgehead atoms. The summed E-state index contributed by atoms with van der Waals surface area (Å²) in [4.78, 5) is 2.57. The molecule has 0 aromatic rings. The van der Waals surface area contributed by atoms with Gasteiger partial charge in [-0.3, -0.25) is 0 Å². The lowest BCUT2D eigenvalue weighted by Gasteiger charge is -2.30. The maximum Gasteiger partial charge on any atom is 0.00390 e. The second kappa shape index (κ2) is 6.75. The van der Waals surface area contributed by atoms with Crippen LogP contribution in [0.3, 0.4) is 0 Å². The van der Waals surface area contributed by atoms with Crippen molar-refractivity contribution in [1.29, 1.82) is 0 Å². The summed E-state index contributed by atoms with van der Waals surface area (Å²) in [5.41, 5.74) is 5.96. The van der Waals surface area contributed by atoms with E-state index in [1.807, 2.05) is 0 Å². The second-order valence-corrected chi connectivity index (χ2v) is 6.48. The fourth-order valence-corrected chi connectivity index (χ4v) is 3.60. The summed E-state index contributed by atoms with van der Waals surface area (Å²) < 4.78 is 0. The number of rotatable bonds is 5. The summed E-state index contributed by atoms with van der Waals surface area (Å²) in [6.45, 7) is 2.62. The Bertz CT molecular complexity index is 203. The zero-order valence-electron chi connectivity index (χ0n) is 11.5. The molecule has 0 amide bonds. The third kappa shape index (κ3) is 4.59. The Hall–Kier alpha value is -0.0800. The minimum atomic E-state index is 0.495. The van der Waals surface area contributed by atoms with Gasteiger partial charge in [-0.1, -0.05) is 25.7 Å². The maximum absolute atomic E-state index is 5.96. The Kier molecular flexibility index (Phi) is 5.30. The zero-order chi connectivity index (χ0) is 12.1. The summed E-state index contributed by atoms with van der Waals surface area (Å²) in [6, 6.07) is 0.495.